The second kappa shape index (κ2) is 5.55. The summed E-state index contributed by atoms with van der Waals surface area (Å²) in [4.78, 5) is 2.32. The Morgan fingerprint density at radius 2 is 1.76 bits per heavy atom. The van der Waals surface area contributed by atoms with Gasteiger partial charge in [-0.2, -0.15) is 0 Å². The average Bonchev–Trinajstić information content (AvgIpc) is 3.06. The van der Waals surface area contributed by atoms with Crippen LogP contribution in [0.3, 0.4) is 0 Å². The molecular weight excluding hydrogens is 260 g/mol. The van der Waals surface area contributed by atoms with Crippen molar-refractivity contribution in [2.24, 2.45) is 5.92 Å². The molecule has 0 N–H and O–H groups in total. The summed E-state index contributed by atoms with van der Waals surface area (Å²) >= 11 is 0. The van der Waals surface area contributed by atoms with E-state index in [0.29, 0.717) is 17.8 Å². The molecule has 3 rings (SSSR count). The van der Waals surface area contributed by atoms with E-state index in [4.69, 9.17) is 4.52 Å². The Hall–Kier alpha value is -1.77. The molecule has 0 aliphatic heterocycles. The fourth-order valence-corrected chi connectivity index (χ4v) is 3.72. The summed E-state index contributed by atoms with van der Waals surface area (Å²) in [6, 6.07) is 8.78. The molecule has 0 spiro atoms. The van der Waals surface area contributed by atoms with Gasteiger partial charge >= 0.3 is 0 Å². The molecule has 0 amide bonds. The van der Waals surface area contributed by atoms with Crippen molar-refractivity contribution in [1.29, 1.82) is 0 Å². The maximum Gasteiger partial charge on any atom is 0.147 e. The molecule has 1 heterocycles. The maximum absolute atomic E-state index is 5.35. The van der Waals surface area contributed by atoms with Gasteiger partial charge in [-0.25, -0.2) is 0 Å². The quantitative estimate of drug-likeness (QED) is 0.833. The highest BCUT2D eigenvalue weighted by atomic mass is 16.5. The Kier molecular flexibility index (Phi) is 3.75. The SMILES string of the molecule is CCN(CC)c1conc1C1c2ccccc2C(C)C1C. The van der Waals surface area contributed by atoms with E-state index in [1.54, 1.807) is 6.26 Å². The van der Waals surface area contributed by atoms with Gasteiger partial charge < -0.3 is 9.42 Å². The number of anilines is 1. The number of nitrogens with zero attached hydrogens (tertiary/aromatic N) is 2. The first-order chi connectivity index (χ1) is 10.2. The summed E-state index contributed by atoms with van der Waals surface area (Å²) in [5.41, 5.74) is 5.13. The van der Waals surface area contributed by atoms with Gasteiger partial charge in [-0.05, 0) is 36.8 Å². The highest BCUT2D eigenvalue weighted by Crippen LogP contribution is 2.50. The molecule has 0 fully saturated rings. The molecule has 3 atom stereocenters. The zero-order valence-electron chi connectivity index (χ0n) is 13.3. The van der Waals surface area contributed by atoms with Crippen LogP contribution in [0.1, 0.15) is 56.4 Å². The van der Waals surface area contributed by atoms with Crippen molar-refractivity contribution < 1.29 is 4.52 Å². The summed E-state index contributed by atoms with van der Waals surface area (Å²) in [6.07, 6.45) is 1.81. The number of fused-ring (bicyclic) bond motifs is 1. The van der Waals surface area contributed by atoms with Gasteiger partial charge in [-0.3, -0.25) is 0 Å². The first-order valence-corrected chi connectivity index (χ1v) is 7.97. The highest BCUT2D eigenvalue weighted by molar-refractivity contribution is 5.55. The lowest BCUT2D eigenvalue weighted by Gasteiger charge is -2.24. The Morgan fingerprint density at radius 1 is 1.10 bits per heavy atom. The Balaban J connectivity index is 2.08. The van der Waals surface area contributed by atoms with Crippen LogP contribution in [0.25, 0.3) is 0 Å². The predicted octanol–water partition coefficient (Wildman–Crippen LogP) is 4.41. The standard InChI is InChI=1S/C18H24N2O/c1-5-20(6-2)16-11-21-19-18(16)17-13(4)12(3)14-9-7-8-10-15(14)17/h7-13,17H,5-6H2,1-4H3. The zero-order valence-corrected chi connectivity index (χ0v) is 13.3. The van der Waals surface area contributed by atoms with E-state index in [2.05, 4.69) is 62.0 Å². The molecule has 0 radical (unpaired) electrons. The molecule has 2 aromatic rings. The molecule has 0 saturated heterocycles. The molecule has 1 aliphatic carbocycles. The molecule has 1 aromatic heterocycles. The van der Waals surface area contributed by atoms with E-state index < -0.39 is 0 Å². The fourth-order valence-electron chi connectivity index (χ4n) is 3.72. The van der Waals surface area contributed by atoms with Crippen LogP contribution < -0.4 is 4.90 Å². The van der Waals surface area contributed by atoms with Crippen molar-refractivity contribution in [2.45, 2.75) is 39.5 Å². The first kappa shape index (κ1) is 14.2. The molecule has 3 unspecified atom stereocenters. The normalized spacial score (nSPS) is 24.1. The number of hydrogen-bond donors (Lipinski definition) is 0. The second-order valence-electron chi connectivity index (χ2n) is 6.01. The van der Waals surface area contributed by atoms with Crippen LogP contribution in [-0.4, -0.2) is 18.2 Å². The molecule has 0 bridgehead atoms. The van der Waals surface area contributed by atoms with Gasteiger partial charge in [0.1, 0.15) is 17.6 Å². The molecule has 112 valence electrons. The molecule has 21 heavy (non-hydrogen) atoms. The van der Waals surface area contributed by atoms with Gasteiger partial charge in [0.15, 0.2) is 0 Å². The van der Waals surface area contributed by atoms with Gasteiger partial charge in [0.05, 0.1) is 0 Å². The zero-order chi connectivity index (χ0) is 15.0. The van der Waals surface area contributed by atoms with Crippen molar-refractivity contribution in [3.05, 3.63) is 47.3 Å². The number of benzene rings is 1. The van der Waals surface area contributed by atoms with Crippen molar-refractivity contribution >= 4 is 5.69 Å². The smallest absolute Gasteiger partial charge is 0.147 e. The van der Waals surface area contributed by atoms with Crippen LogP contribution in [0.2, 0.25) is 0 Å². The maximum atomic E-state index is 5.35. The third-order valence-electron chi connectivity index (χ3n) is 5.11. The Bertz CT molecular complexity index is 615. The molecule has 1 aromatic carbocycles. The van der Waals surface area contributed by atoms with Crippen LogP contribution in [0.4, 0.5) is 5.69 Å². The molecule has 3 nitrogen and oxygen atoms in total. The van der Waals surface area contributed by atoms with Crippen LogP contribution in [0.5, 0.6) is 0 Å². The van der Waals surface area contributed by atoms with Crippen molar-refractivity contribution in [1.82, 2.24) is 5.16 Å². The fraction of sp³-hybridized carbons (Fsp3) is 0.500. The minimum absolute atomic E-state index is 0.338. The summed E-state index contributed by atoms with van der Waals surface area (Å²) in [5.74, 6) is 1.44. The van der Waals surface area contributed by atoms with Crippen LogP contribution in [-0.2, 0) is 0 Å². The highest BCUT2D eigenvalue weighted by Gasteiger charge is 2.39. The van der Waals surface area contributed by atoms with Gasteiger partial charge in [0.25, 0.3) is 0 Å². The third kappa shape index (κ3) is 2.15. The number of rotatable bonds is 4. The summed E-state index contributed by atoms with van der Waals surface area (Å²) < 4.78 is 5.35. The molecule has 1 aliphatic rings. The van der Waals surface area contributed by atoms with E-state index in [-0.39, 0.29) is 0 Å². The molecule has 0 saturated carbocycles. The summed E-state index contributed by atoms with van der Waals surface area (Å²) in [7, 11) is 0. The number of aromatic nitrogens is 1. The van der Waals surface area contributed by atoms with Crippen molar-refractivity contribution in [2.75, 3.05) is 18.0 Å². The van der Waals surface area contributed by atoms with Gasteiger partial charge in [0.2, 0.25) is 0 Å². The summed E-state index contributed by atoms with van der Waals surface area (Å²) in [6.45, 7) is 11.0. The lowest BCUT2D eigenvalue weighted by Crippen LogP contribution is -2.23. The van der Waals surface area contributed by atoms with E-state index in [0.717, 1.165) is 24.5 Å². The first-order valence-electron chi connectivity index (χ1n) is 7.97. The van der Waals surface area contributed by atoms with Crippen molar-refractivity contribution in [3.8, 4) is 0 Å². The van der Waals surface area contributed by atoms with Crippen LogP contribution in [0.15, 0.2) is 35.1 Å². The van der Waals surface area contributed by atoms with Crippen LogP contribution in [0, 0.1) is 5.92 Å². The minimum Gasteiger partial charge on any atom is -0.368 e. The van der Waals surface area contributed by atoms with Crippen molar-refractivity contribution in [3.63, 3.8) is 0 Å². The van der Waals surface area contributed by atoms with Gasteiger partial charge in [0, 0.05) is 19.0 Å². The van der Waals surface area contributed by atoms with E-state index in [9.17, 15) is 0 Å². The van der Waals surface area contributed by atoms with Gasteiger partial charge in [-0.1, -0.05) is 43.3 Å². The third-order valence-corrected chi connectivity index (χ3v) is 5.11. The lowest BCUT2D eigenvalue weighted by atomic mass is 9.87. The minimum atomic E-state index is 0.338. The Labute approximate surface area is 126 Å². The Morgan fingerprint density at radius 3 is 2.43 bits per heavy atom. The topological polar surface area (TPSA) is 29.3 Å². The largest absolute Gasteiger partial charge is 0.368 e. The van der Waals surface area contributed by atoms with E-state index >= 15 is 0 Å². The van der Waals surface area contributed by atoms with Crippen LogP contribution >= 0.6 is 0 Å². The lowest BCUT2D eigenvalue weighted by molar-refractivity contribution is 0.393. The monoisotopic (exact) mass is 284 g/mol. The second-order valence-corrected chi connectivity index (χ2v) is 6.01. The molecular formula is C18H24N2O. The van der Waals surface area contributed by atoms with E-state index in [1.807, 2.05) is 0 Å². The predicted molar refractivity (Wildman–Crippen MR) is 85.9 cm³/mol. The average molecular weight is 284 g/mol. The number of hydrogen-bond acceptors (Lipinski definition) is 3. The summed E-state index contributed by atoms with van der Waals surface area (Å²) in [5, 5.41) is 4.38. The van der Waals surface area contributed by atoms with E-state index in [1.165, 1.54) is 11.1 Å². The van der Waals surface area contributed by atoms with Gasteiger partial charge in [-0.15, -0.1) is 0 Å². The molecule has 3 heteroatoms.